The maximum absolute atomic E-state index is 7.47. The van der Waals surface area contributed by atoms with Gasteiger partial charge in [-0.2, -0.15) is 0 Å². The van der Waals surface area contributed by atoms with Crippen LogP contribution in [0.4, 0.5) is 0 Å². The van der Waals surface area contributed by atoms with E-state index in [2.05, 4.69) is 38.1 Å². The van der Waals surface area contributed by atoms with Crippen LogP contribution in [0.2, 0.25) is 0 Å². The number of hydrogen-bond acceptors (Lipinski definition) is 4. The molecule has 6 N–H and O–H groups in total. The zero-order valence-electron chi connectivity index (χ0n) is 13.8. The molecule has 0 aliphatic heterocycles. The van der Waals surface area contributed by atoms with E-state index in [1.807, 2.05) is 12.1 Å². The van der Waals surface area contributed by atoms with E-state index in [1.165, 1.54) is 56.9 Å². The first-order chi connectivity index (χ1) is 11.4. The quantitative estimate of drug-likeness (QED) is 0.475. The lowest BCUT2D eigenvalue weighted by molar-refractivity contribution is 1.29. The summed E-state index contributed by atoms with van der Waals surface area (Å²) in [5.74, 6) is 1.33. The zero-order valence-corrected chi connectivity index (χ0v) is 15.5. The molecule has 0 saturated heterocycles. The van der Waals surface area contributed by atoms with Gasteiger partial charge in [-0.15, -0.1) is 0 Å². The number of rotatable bonds is 5. The molecule has 0 fully saturated rings. The van der Waals surface area contributed by atoms with Crippen molar-refractivity contribution in [3.8, 4) is 11.1 Å². The molecule has 0 atom stereocenters. The highest BCUT2D eigenvalue weighted by Crippen LogP contribution is 2.36. The Labute approximate surface area is 151 Å². The molecule has 4 nitrogen and oxygen atoms in total. The first kappa shape index (κ1) is 18.4. The van der Waals surface area contributed by atoms with E-state index in [-0.39, 0.29) is 10.3 Å². The topological polar surface area (TPSA) is 99.7 Å². The molecule has 0 heterocycles. The summed E-state index contributed by atoms with van der Waals surface area (Å²) in [5.41, 5.74) is 18.1. The fourth-order valence-electron chi connectivity index (χ4n) is 2.72. The summed E-state index contributed by atoms with van der Waals surface area (Å²) in [6, 6.07) is 12.5. The summed E-state index contributed by atoms with van der Waals surface area (Å²) >= 11 is 2.67. The van der Waals surface area contributed by atoms with Crippen molar-refractivity contribution in [2.75, 3.05) is 0 Å². The predicted octanol–water partition coefficient (Wildman–Crippen LogP) is 4.22. The van der Waals surface area contributed by atoms with Gasteiger partial charge in [0.15, 0.2) is 10.3 Å². The van der Waals surface area contributed by atoms with E-state index in [4.69, 9.17) is 22.3 Å². The molecule has 2 aromatic rings. The maximum Gasteiger partial charge on any atom is 0.151 e. The minimum atomic E-state index is 0.125. The van der Waals surface area contributed by atoms with Crippen LogP contribution in [-0.4, -0.2) is 10.3 Å². The van der Waals surface area contributed by atoms with Crippen LogP contribution in [0.3, 0.4) is 0 Å². The molecule has 24 heavy (non-hydrogen) atoms. The first-order valence-electron chi connectivity index (χ1n) is 7.51. The lowest BCUT2D eigenvalue weighted by atomic mass is 9.89. The highest BCUT2D eigenvalue weighted by molar-refractivity contribution is 8.13. The lowest BCUT2D eigenvalue weighted by Crippen LogP contribution is -2.06. The zero-order chi connectivity index (χ0) is 17.7. The third-order valence-corrected chi connectivity index (χ3v) is 5.27. The third-order valence-electron chi connectivity index (χ3n) is 3.73. The van der Waals surface area contributed by atoms with E-state index >= 15 is 0 Å². The third kappa shape index (κ3) is 4.55. The summed E-state index contributed by atoms with van der Waals surface area (Å²) in [6.45, 7) is 4.21. The van der Waals surface area contributed by atoms with Crippen LogP contribution in [0.25, 0.3) is 11.1 Å². The van der Waals surface area contributed by atoms with Gasteiger partial charge in [-0.3, -0.25) is 10.8 Å². The number of hydrogen-bond donors (Lipinski definition) is 4. The monoisotopic (exact) mass is 358 g/mol. The number of benzene rings is 2. The molecule has 0 unspecified atom stereocenters. The van der Waals surface area contributed by atoms with Gasteiger partial charge in [0, 0.05) is 11.5 Å². The predicted molar refractivity (Wildman–Crippen MR) is 108 cm³/mol. The van der Waals surface area contributed by atoms with Gasteiger partial charge < -0.3 is 11.5 Å². The Hall–Kier alpha value is -1.92. The summed E-state index contributed by atoms with van der Waals surface area (Å²) in [4.78, 5) is 0. The number of nitrogens with two attached hydrogens (primary N) is 2. The van der Waals surface area contributed by atoms with Crippen LogP contribution in [0.5, 0.6) is 0 Å². The van der Waals surface area contributed by atoms with E-state index in [9.17, 15) is 0 Å². The van der Waals surface area contributed by atoms with E-state index in [0.717, 1.165) is 0 Å². The van der Waals surface area contributed by atoms with Crippen molar-refractivity contribution >= 4 is 33.9 Å². The first-order valence-corrected chi connectivity index (χ1v) is 9.48. The van der Waals surface area contributed by atoms with Crippen molar-refractivity contribution in [1.82, 2.24) is 0 Å². The Morgan fingerprint density at radius 3 is 1.50 bits per heavy atom. The fourth-order valence-corrected chi connectivity index (χ4v) is 3.83. The molecular formula is C18H22N4S2. The van der Waals surface area contributed by atoms with Gasteiger partial charge in [-0.25, -0.2) is 0 Å². The second-order valence-electron chi connectivity index (χ2n) is 5.52. The number of amidine groups is 2. The van der Waals surface area contributed by atoms with Gasteiger partial charge in [-0.05, 0) is 47.2 Å². The van der Waals surface area contributed by atoms with Crippen molar-refractivity contribution in [3.63, 3.8) is 0 Å². The molecule has 2 rings (SSSR count). The van der Waals surface area contributed by atoms with Crippen molar-refractivity contribution in [1.29, 1.82) is 10.8 Å². The molecule has 0 aromatic heterocycles. The Balaban J connectivity index is 2.54. The Morgan fingerprint density at radius 2 is 1.17 bits per heavy atom. The summed E-state index contributed by atoms with van der Waals surface area (Å²) in [7, 11) is 0. The minimum Gasteiger partial charge on any atom is -0.379 e. The molecule has 0 bridgehead atoms. The van der Waals surface area contributed by atoms with Crippen LogP contribution in [0, 0.1) is 24.7 Å². The average Bonchev–Trinajstić information content (AvgIpc) is 2.51. The van der Waals surface area contributed by atoms with Crippen LogP contribution in [0.15, 0.2) is 36.4 Å². The smallest absolute Gasteiger partial charge is 0.151 e. The van der Waals surface area contributed by atoms with Gasteiger partial charge in [0.2, 0.25) is 0 Å². The Morgan fingerprint density at radius 1 is 0.792 bits per heavy atom. The fraction of sp³-hybridized carbons (Fsp3) is 0.222. The average molecular weight is 359 g/mol. The number of thioether (sulfide) groups is 2. The van der Waals surface area contributed by atoms with Gasteiger partial charge in [0.25, 0.3) is 0 Å². The number of aryl methyl sites for hydroxylation is 2. The van der Waals surface area contributed by atoms with Gasteiger partial charge in [-0.1, -0.05) is 59.9 Å². The largest absolute Gasteiger partial charge is 0.379 e. The van der Waals surface area contributed by atoms with E-state index in [1.54, 1.807) is 0 Å². The molecule has 6 heteroatoms. The molecule has 0 spiro atoms. The molecular weight excluding hydrogens is 336 g/mol. The van der Waals surface area contributed by atoms with Crippen molar-refractivity contribution in [2.24, 2.45) is 11.5 Å². The summed E-state index contributed by atoms with van der Waals surface area (Å²) in [5, 5.41) is 15.2. The van der Waals surface area contributed by atoms with Crippen LogP contribution < -0.4 is 11.5 Å². The normalized spacial score (nSPS) is 10.6. The Bertz CT molecular complexity index is 706. The summed E-state index contributed by atoms with van der Waals surface area (Å²) in [6.07, 6.45) is 0. The van der Waals surface area contributed by atoms with Crippen molar-refractivity contribution in [3.05, 3.63) is 58.7 Å². The molecule has 0 aliphatic rings. The van der Waals surface area contributed by atoms with Crippen LogP contribution in [-0.2, 0) is 11.5 Å². The molecule has 0 saturated carbocycles. The highest BCUT2D eigenvalue weighted by atomic mass is 32.2. The second-order valence-corrected chi connectivity index (χ2v) is 7.56. The van der Waals surface area contributed by atoms with Gasteiger partial charge in [0.05, 0.1) is 0 Å². The van der Waals surface area contributed by atoms with Gasteiger partial charge >= 0.3 is 0 Å². The van der Waals surface area contributed by atoms with Crippen LogP contribution >= 0.6 is 23.5 Å². The lowest BCUT2D eigenvalue weighted by Gasteiger charge is -2.18. The van der Waals surface area contributed by atoms with Crippen LogP contribution in [0.1, 0.15) is 22.3 Å². The standard InChI is InChI=1S/C18H22N4S2/c1-11-5-3-7-13(9-23-17(19)20)15(11)16-12(2)6-4-8-14(16)10-24-18(21)22/h3-8H,9-10H2,1-2H3,(H3,19,20)(H3,21,22). The number of nitrogens with one attached hydrogen (secondary N) is 2. The van der Waals surface area contributed by atoms with Crippen molar-refractivity contribution < 1.29 is 0 Å². The van der Waals surface area contributed by atoms with E-state index < -0.39 is 0 Å². The SMILES string of the molecule is Cc1cccc(CSC(=N)N)c1-c1c(C)cccc1CSC(=N)N. The van der Waals surface area contributed by atoms with E-state index in [0.29, 0.717) is 11.5 Å². The highest BCUT2D eigenvalue weighted by Gasteiger charge is 2.15. The molecule has 0 amide bonds. The minimum absolute atomic E-state index is 0.125. The molecule has 0 aliphatic carbocycles. The van der Waals surface area contributed by atoms with Gasteiger partial charge in [0.1, 0.15) is 0 Å². The second kappa shape index (κ2) is 8.26. The van der Waals surface area contributed by atoms with Crippen molar-refractivity contribution in [2.45, 2.75) is 25.4 Å². The molecule has 126 valence electrons. The molecule has 0 radical (unpaired) electrons. The maximum atomic E-state index is 7.47. The Kier molecular flexibility index (Phi) is 6.34. The summed E-state index contributed by atoms with van der Waals surface area (Å²) < 4.78 is 0. The molecule has 2 aromatic carbocycles.